The average Bonchev–Trinajstić information content (AvgIpc) is 3.38. The summed E-state index contributed by atoms with van der Waals surface area (Å²) in [6, 6.07) is 14.6. The molecular weight excluding hydrogens is 326 g/mol. The van der Waals surface area contributed by atoms with Gasteiger partial charge in [0.2, 0.25) is 5.82 Å². The molecule has 4 aromatic rings. The molecule has 3 aromatic heterocycles. The van der Waals surface area contributed by atoms with Crippen molar-refractivity contribution in [3.63, 3.8) is 0 Å². The predicted octanol–water partition coefficient (Wildman–Crippen LogP) is 2.54. The molecule has 0 spiro atoms. The molecule has 0 saturated heterocycles. The minimum atomic E-state index is -0.300. The van der Waals surface area contributed by atoms with Crippen LogP contribution in [0.1, 0.15) is 22.4 Å². The second-order valence-electron chi connectivity index (χ2n) is 6.30. The molecule has 7 nitrogen and oxygen atoms in total. The summed E-state index contributed by atoms with van der Waals surface area (Å²) in [6.45, 7) is 0. The molecule has 26 heavy (non-hydrogen) atoms. The molecule has 1 atom stereocenters. The summed E-state index contributed by atoms with van der Waals surface area (Å²) in [7, 11) is 0. The van der Waals surface area contributed by atoms with Crippen LogP contribution in [0, 0.1) is 0 Å². The van der Waals surface area contributed by atoms with Crippen molar-refractivity contribution in [3.8, 4) is 11.5 Å². The largest absolute Gasteiger partial charge is 0.281 e. The Labute approximate surface area is 149 Å². The van der Waals surface area contributed by atoms with Crippen molar-refractivity contribution >= 4 is 6.08 Å². The summed E-state index contributed by atoms with van der Waals surface area (Å²) in [5, 5.41) is 21.6. The van der Waals surface area contributed by atoms with Gasteiger partial charge in [-0.3, -0.25) is 10.1 Å². The number of nitrogens with zero attached hydrogens (tertiary/aromatic N) is 5. The third-order valence-electron chi connectivity index (χ3n) is 4.91. The SMILES string of the molecule is C1=CC(c2ccccc2)(c2cccnc2)Cc2[nH]nc(-c3nnn[nH]3)c21. The molecule has 126 valence electrons. The normalized spacial score (nSPS) is 18.6. The topological polar surface area (TPSA) is 96.0 Å². The molecule has 3 heterocycles. The Bertz CT molecular complexity index is 1010. The highest BCUT2D eigenvalue weighted by molar-refractivity contribution is 5.73. The van der Waals surface area contributed by atoms with Crippen LogP contribution in [-0.4, -0.2) is 35.8 Å². The number of allylic oxidation sites excluding steroid dienone is 1. The first kappa shape index (κ1) is 14.7. The van der Waals surface area contributed by atoms with Gasteiger partial charge in [-0.2, -0.15) is 5.10 Å². The molecule has 0 fully saturated rings. The molecule has 1 aliphatic carbocycles. The van der Waals surface area contributed by atoms with Gasteiger partial charge in [-0.05, 0) is 27.6 Å². The summed E-state index contributed by atoms with van der Waals surface area (Å²) in [4.78, 5) is 4.34. The molecule has 0 bridgehead atoms. The third kappa shape index (κ3) is 2.17. The molecule has 0 amide bonds. The van der Waals surface area contributed by atoms with Crippen LogP contribution in [0.25, 0.3) is 17.6 Å². The van der Waals surface area contributed by atoms with Crippen molar-refractivity contribution < 1.29 is 0 Å². The van der Waals surface area contributed by atoms with Crippen molar-refractivity contribution in [3.05, 3.63) is 83.3 Å². The molecule has 1 aromatic carbocycles. The van der Waals surface area contributed by atoms with Gasteiger partial charge in [-0.15, -0.1) is 5.10 Å². The van der Waals surface area contributed by atoms with Crippen molar-refractivity contribution in [1.82, 2.24) is 35.8 Å². The van der Waals surface area contributed by atoms with Crippen molar-refractivity contribution in [2.45, 2.75) is 11.8 Å². The van der Waals surface area contributed by atoms with Crippen molar-refractivity contribution in [1.29, 1.82) is 0 Å². The fourth-order valence-corrected chi connectivity index (χ4v) is 3.63. The molecule has 0 aliphatic heterocycles. The van der Waals surface area contributed by atoms with E-state index < -0.39 is 0 Å². The minimum Gasteiger partial charge on any atom is -0.281 e. The van der Waals surface area contributed by atoms with Crippen LogP contribution >= 0.6 is 0 Å². The van der Waals surface area contributed by atoms with E-state index in [9.17, 15) is 0 Å². The van der Waals surface area contributed by atoms with E-state index in [-0.39, 0.29) is 5.41 Å². The van der Waals surface area contributed by atoms with Gasteiger partial charge >= 0.3 is 0 Å². The highest BCUT2D eigenvalue weighted by Gasteiger charge is 2.37. The van der Waals surface area contributed by atoms with E-state index >= 15 is 0 Å². The Morgan fingerprint density at radius 2 is 1.85 bits per heavy atom. The summed E-state index contributed by atoms with van der Waals surface area (Å²) < 4.78 is 0. The standard InChI is InChI=1S/C19H15N7/c1-2-5-13(6-3-1)19(14-7-4-10-20-12-14)9-8-15-16(11-19)21-22-17(15)18-23-25-26-24-18/h1-10,12H,11H2,(H,21,22)(H,23,24,25,26). The van der Waals surface area contributed by atoms with Crippen LogP contribution < -0.4 is 0 Å². The highest BCUT2D eigenvalue weighted by Crippen LogP contribution is 2.42. The lowest BCUT2D eigenvalue weighted by Crippen LogP contribution is -2.30. The Balaban J connectivity index is 1.67. The number of nitrogens with one attached hydrogen (secondary N) is 2. The first-order valence-electron chi connectivity index (χ1n) is 8.33. The maximum atomic E-state index is 4.43. The van der Waals surface area contributed by atoms with Crippen LogP contribution in [0.5, 0.6) is 0 Å². The fraction of sp³-hybridized carbons (Fsp3) is 0.105. The monoisotopic (exact) mass is 341 g/mol. The Morgan fingerprint density at radius 1 is 0.962 bits per heavy atom. The highest BCUT2D eigenvalue weighted by atomic mass is 15.5. The first-order chi connectivity index (χ1) is 12.9. The average molecular weight is 341 g/mol. The fourth-order valence-electron chi connectivity index (χ4n) is 3.63. The lowest BCUT2D eigenvalue weighted by molar-refractivity contribution is 0.618. The number of aromatic amines is 2. The molecule has 0 radical (unpaired) electrons. The number of aromatic nitrogens is 7. The lowest BCUT2D eigenvalue weighted by atomic mass is 9.69. The second kappa shape index (κ2) is 5.73. The zero-order chi connectivity index (χ0) is 17.4. The number of H-pyrrole nitrogens is 2. The minimum absolute atomic E-state index is 0.300. The van der Waals surface area contributed by atoms with Gasteiger partial charge in [0, 0.05) is 35.5 Å². The first-order valence-corrected chi connectivity index (χ1v) is 8.33. The summed E-state index contributed by atoms with van der Waals surface area (Å²) in [5.41, 5.74) is 4.85. The van der Waals surface area contributed by atoms with E-state index in [0.717, 1.165) is 28.9 Å². The van der Waals surface area contributed by atoms with Crippen LogP contribution in [0.3, 0.4) is 0 Å². The number of pyridine rings is 1. The van der Waals surface area contributed by atoms with Crippen LogP contribution in [-0.2, 0) is 11.8 Å². The van der Waals surface area contributed by atoms with Gasteiger partial charge in [-0.1, -0.05) is 48.6 Å². The second-order valence-corrected chi connectivity index (χ2v) is 6.30. The molecular formula is C19H15N7. The maximum absolute atomic E-state index is 4.43. The lowest BCUT2D eigenvalue weighted by Gasteiger charge is -2.34. The molecule has 1 unspecified atom stereocenters. The Morgan fingerprint density at radius 3 is 2.62 bits per heavy atom. The smallest absolute Gasteiger partial charge is 0.200 e. The third-order valence-corrected chi connectivity index (χ3v) is 4.91. The zero-order valence-corrected chi connectivity index (χ0v) is 13.8. The number of hydrogen-bond donors (Lipinski definition) is 2. The van der Waals surface area contributed by atoms with Gasteiger partial charge in [-0.25, -0.2) is 5.10 Å². The van der Waals surface area contributed by atoms with Gasteiger partial charge in [0.15, 0.2) is 0 Å². The van der Waals surface area contributed by atoms with Gasteiger partial charge in [0.05, 0.1) is 0 Å². The number of fused-ring (bicyclic) bond motifs is 1. The number of rotatable bonds is 3. The number of hydrogen-bond acceptors (Lipinski definition) is 5. The summed E-state index contributed by atoms with van der Waals surface area (Å²) in [6.07, 6.45) is 8.80. The van der Waals surface area contributed by atoms with Crippen LogP contribution in [0.4, 0.5) is 0 Å². The van der Waals surface area contributed by atoms with E-state index in [4.69, 9.17) is 0 Å². The van der Waals surface area contributed by atoms with E-state index in [1.807, 2.05) is 18.3 Å². The van der Waals surface area contributed by atoms with Crippen LogP contribution in [0.15, 0.2) is 60.9 Å². The molecule has 1 aliphatic rings. The quantitative estimate of drug-likeness (QED) is 0.597. The maximum Gasteiger partial charge on any atom is 0.200 e. The van der Waals surface area contributed by atoms with E-state index in [1.165, 1.54) is 5.56 Å². The molecule has 2 N–H and O–H groups in total. The molecule has 5 rings (SSSR count). The number of tetrazole rings is 1. The van der Waals surface area contributed by atoms with Crippen molar-refractivity contribution in [2.24, 2.45) is 0 Å². The number of benzene rings is 1. The van der Waals surface area contributed by atoms with E-state index in [0.29, 0.717) is 5.82 Å². The molecule has 0 saturated carbocycles. The summed E-state index contributed by atoms with van der Waals surface area (Å²) in [5.74, 6) is 0.556. The van der Waals surface area contributed by atoms with E-state index in [2.05, 4.69) is 78.3 Å². The summed E-state index contributed by atoms with van der Waals surface area (Å²) >= 11 is 0. The van der Waals surface area contributed by atoms with Crippen LogP contribution in [0.2, 0.25) is 0 Å². The van der Waals surface area contributed by atoms with Gasteiger partial charge in [0.1, 0.15) is 5.69 Å². The van der Waals surface area contributed by atoms with E-state index in [1.54, 1.807) is 6.20 Å². The molecule has 7 heteroatoms. The Hall–Kier alpha value is -3.61. The Kier molecular flexibility index (Phi) is 3.24. The van der Waals surface area contributed by atoms with Crippen molar-refractivity contribution in [2.75, 3.05) is 0 Å². The van der Waals surface area contributed by atoms with Gasteiger partial charge in [0.25, 0.3) is 0 Å². The van der Waals surface area contributed by atoms with Gasteiger partial charge < -0.3 is 0 Å². The zero-order valence-electron chi connectivity index (χ0n) is 13.8. The predicted molar refractivity (Wildman–Crippen MR) is 96.0 cm³/mol.